The molecular formula is C13H16N2O8S2. The minimum Gasteiger partial charge on any atom is -0.396 e. The molecule has 0 spiro atoms. The van der Waals surface area contributed by atoms with Gasteiger partial charge in [0, 0.05) is 12.7 Å². The van der Waals surface area contributed by atoms with Crippen LogP contribution in [-0.4, -0.2) is 33.0 Å². The average Bonchev–Trinajstić information content (AvgIpc) is 2.48. The minimum atomic E-state index is -4.67. The molecular weight excluding hydrogens is 376 g/mol. The predicted octanol–water partition coefficient (Wildman–Crippen LogP) is 1.36. The molecule has 5 N–H and O–H groups in total. The van der Waals surface area contributed by atoms with Crippen molar-refractivity contribution in [3.05, 3.63) is 48.5 Å². The Hall–Kier alpha value is -2.54. The Balaban J connectivity index is 0.000000550. The van der Waals surface area contributed by atoms with E-state index in [0.717, 1.165) is 5.69 Å². The van der Waals surface area contributed by atoms with E-state index in [-0.39, 0.29) is 17.2 Å². The zero-order chi connectivity index (χ0) is 19.1. The molecule has 12 heteroatoms. The highest BCUT2D eigenvalue weighted by atomic mass is 32.3. The highest BCUT2D eigenvalue weighted by Crippen LogP contribution is 2.23. The van der Waals surface area contributed by atoms with Crippen molar-refractivity contribution in [2.24, 2.45) is 0 Å². The van der Waals surface area contributed by atoms with Crippen LogP contribution in [0.4, 0.5) is 11.4 Å². The standard InChI is InChI=1S/C13H14N2O4S.H2O4S/c1-15-10-6-8-11(9-7-10)18-20(16,17)19-13-5-3-2-4-12(13)14;1-5(2,3)4/h2-9,15H,14H2,1H3;(H2,1,2,3,4). The van der Waals surface area contributed by atoms with Crippen LogP contribution in [0.25, 0.3) is 0 Å². The summed E-state index contributed by atoms with van der Waals surface area (Å²) in [6.45, 7) is 0. The van der Waals surface area contributed by atoms with E-state index in [9.17, 15) is 8.42 Å². The van der Waals surface area contributed by atoms with Gasteiger partial charge in [-0.25, -0.2) is 0 Å². The van der Waals surface area contributed by atoms with Crippen LogP contribution in [0.5, 0.6) is 11.5 Å². The van der Waals surface area contributed by atoms with E-state index in [1.807, 2.05) is 0 Å². The fourth-order valence-electron chi connectivity index (χ4n) is 1.48. The number of nitrogen functional groups attached to an aromatic ring is 1. The number of nitrogens with two attached hydrogens (primary N) is 1. The van der Waals surface area contributed by atoms with Crippen molar-refractivity contribution in [3.8, 4) is 11.5 Å². The summed E-state index contributed by atoms with van der Waals surface area (Å²) in [5.41, 5.74) is 6.65. The summed E-state index contributed by atoms with van der Waals surface area (Å²) in [6.07, 6.45) is 0. The molecule has 0 saturated heterocycles. The maximum Gasteiger partial charge on any atom is 0.501 e. The van der Waals surface area contributed by atoms with Gasteiger partial charge in [0.25, 0.3) is 0 Å². The number of nitrogens with one attached hydrogen (secondary N) is 1. The number of rotatable bonds is 5. The summed E-state index contributed by atoms with van der Waals surface area (Å²) in [5, 5.41) is 2.91. The Morgan fingerprint density at radius 3 is 1.92 bits per heavy atom. The van der Waals surface area contributed by atoms with Crippen molar-refractivity contribution in [2.45, 2.75) is 0 Å². The molecule has 2 aromatic rings. The van der Waals surface area contributed by atoms with Gasteiger partial charge in [0.1, 0.15) is 5.75 Å². The number of hydrogen-bond donors (Lipinski definition) is 4. The van der Waals surface area contributed by atoms with Crippen LogP contribution in [0, 0.1) is 0 Å². The highest BCUT2D eigenvalue weighted by Gasteiger charge is 2.17. The lowest BCUT2D eigenvalue weighted by molar-refractivity contribution is 0.380. The molecule has 0 amide bonds. The smallest absolute Gasteiger partial charge is 0.396 e. The molecule has 0 aromatic heterocycles. The molecule has 2 rings (SSSR count). The van der Waals surface area contributed by atoms with Gasteiger partial charge >= 0.3 is 20.8 Å². The lowest BCUT2D eigenvalue weighted by atomic mass is 10.3. The molecule has 0 atom stereocenters. The van der Waals surface area contributed by atoms with Gasteiger partial charge in [0.15, 0.2) is 5.75 Å². The summed E-state index contributed by atoms with van der Waals surface area (Å²) in [5.74, 6) is 0.179. The van der Waals surface area contributed by atoms with E-state index < -0.39 is 20.8 Å². The van der Waals surface area contributed by atoms with Crippen LogP contribution < -0.4 is 19.4 Å². The lowest BCUT2D eigenvalue weighted by Crippen LogP contribution is -2.17. The highest BCUT2D eigenvalue weighted by molar-refractivity contribution is 7.82. The largest absolute Gasteiger partial charge is 0.501 e. The van der Waals surface area contributed by atoms with Gasteiger partial charge in [-0.2, -0.15) is 8.42 Å². The second-order valence-electron chi connectivity index (χ2n) is 4.33. The maximum absolute atomic E-state index is 11.8. The molecule has 0 aliphatic rings. The number of hydrogen-bond acceptors (Lipinski definition) is 8. The van der Waals surface area contributed by atoms with Gasteiger partial charge in [0.2, 0.25) is 0 Å². The van der Waals surface area contributed by atoms with E-state index in [2.05, 4.69) is 5.32 Å². The molecule has 138 valence electrons. The van der Waals surface area contributed by atoms with Gasteiger partial charge in [-0.05, 0) is 36.4 Å². The summed E-state index contributed by atoms with van der Waals surface area (Å²) in [4.78, 5) is 0. The first-order valence-corrected chi connectivity index (χ1v) is 9.19. The summed E-state index contributed by atoms with van der Waals surface area (Å²) in [7, 11) is -7.14. The van der Waals surface area contributed by atoms with Crippen molar-refractivity contribution in [3.63, 3.8) is 0 Å². The molecule has 0 radical (unpaired) electrons. The third kappa shape index (κ3) is 8.76. The number of benzene rings is 2. The Bertz CT molecular complexity index is 888. The van der Waals surface area contributed by atoms with Crippen LogP contribution in [0.1, 0.15) is 0 Å². The first-order chi connectivity index (χ1) is 11.5. The Morgan fingerprint density at radius 2 is 1.44 bits per heavy atom. The van der Waals surface area contributed by atoms with Crippen molar-refractivity contribution >= 4 is 32.2 Å². The van der Waals surface area contributed by atoms with Gasteiger partial charge in [-0.1, -0.05) is 12.1 Å². The normalized spacial score (nSPS) is 11.0. The maximum atomic E-state index is 11.8. The van der Waals surface area contributed by atoms with E-state index in [1.54, 1.807) is 31.3 Å². The van der Waals surface area contributed by atoms with Crippen molar-refractivity contribution in [1.82, 2.24) is 0 Å². The van der Waals surface area contributed by atoms with Gasteiger partial charge in [-0.3, -0.25) is 9.11 Å². The van der Waals surface area contributed by atoms with Gasteiger partial charge < -0.3 is 19.4 Å². The van der Waals surface area contributed by atoms with E-state index in [4.69, 9.17) is 31.6 Å². The SMILES string of the molecule is CNc1ccc(OS(=O)(=O)Oc2ccccc2N)cc1.O=S(=O)(O)O. The van der Waals surface area contributed by atoms with E-state index in [1.165, 1.54) is 24.3 Å². The van der Waals surface area contributed by atoms with Gasteiger partial charge in [-0.15, -0.1) is 8.42 Å². The Labute approximate surface area is 145 Å². The van der Waals surface area contributed by atoms with Crippen molar-refractivity contribution in [1.29, 1.82) is 0 Å². The number of para-hydroxylation sites is 2. The van der Waals surface area contributed by atoms with Crippen LogP contribution >= 0.6 is 0 Å². The molecule has 0 fully saturated rings. The molecule has 2 aromatic carbocycles. The summed E-state index contributed by atoms with van der Waals surface area (Å²) >= 11 is 0. The Morgan fingerprint density at radius 1 is 0.920 bits per heavy atom. The molecule has 0 aliphatic carbocycles. The first kappa shape index (κ1) is 20.5. The summed E-state index contributed by atoms with van der Waals surface area (Å²) in [6, 6.07) is 12.7. The molecule has 25 heavy (non-hydrogen) atoms. The molecule has 0 unspecified atom stereocenters. The zero-order valence-corrected chi connectivity index (χ0v) is 14.5. The quantitative estimate of drug-likeness (QED) is 0.431. The molecule has 0 aliphatic heterocycles. The topological polar surface area (TPSA) is 165 Å². The first-order valence-electron chi connectivity index (χ1n) is 6.46. The molecule has 0 bridgehead atoms. The lowest BCUT2D eigenvalue weighted by Gasteiger charge is -2.09. The molecule has 0 saturated carbocycles. The molecule has 0 heterocycles. The fourth-order valence-corrected chi connectivity index (χ4v) is 2.23. The predicted molar refractivity (Wildman–Crippen MR) is 91.2 cm³/mol. The average molecular weight is 392 g/mol. The second-order valence-corrected chi connectivity index (χ2v) is 6.38. The molecule has 10 nitrogen and oxygen atoms in total. The monoisotopic (exact) mass is 392 g/mol. The third-order valence-corrected chi connectivity index (χ3v) is 3.23. The summed E-state index contributed by atoms with van der Waals surface area (Å²) < 4.78 is 64.7. The van der Waals surface area contributed by atoms with Crippen molar-refractivity contribution in [2.75, 3.05) is 18.1 Å². The zero-order valence-electron chi connectivity index (χ0n) is 12.9. The second kappa shape index (κ2) is 8.53. The fraction of sp³-hybridized carbons (Fsp3) is 0.0769. The van der Waals surface area contributed by atoms with Crippen LogP contribution in [0.3, 0.4) is 0 Å². The van der Waals surface area contributed by atoms with Crippen LogP contribution in [-0.2, 0) is 20.8 Å². The van der Waals surface area contributed by atoms with Crippen molar-refractivity contribution < 1.29 is 34.3 Å². The number of anilines is 2. The minimum absolute atomic E-state index is 0.0272. The van der Waals surface area contributed by atoms with E-state index >= 15 is 0 Å². The third-order valence-electron chi connectivity index (χ3n) is 2.45. The van der Waals surface area contributed by atoms with Crippen LogP contribution in [0.15, 0.2) is 48.5 Å². The van der Waals surface area contributed by atoms with Crippen LogP contribution in [0.2, 0.25) is 0 Å². The van der Waals surface area contributed by atoms with Gasteiger partial charge in [0.05, 0.1) is 5.69 Å². The Kier molecular flexibility index (Phi) is 6.99. The van der Waals surface area contributed by atoms with E-state index in [0.29, 0.717) is 0 Å².